The monoisotopic (exact) mass is 394 g/mol. The Hall–Kier alpha value is -3.39. The second-order valence-corrected chi connectivity index (χ2v) is 6.57. The van der Waals surface area contributed by atoms with Gasteiger partial charge in [-0.1, -0.05) is 35.4 Å². The van der Waals surface area contributed by atoms with E-state index in [1.165, 1.54) is 0 Å². The minimum Gasteiger partial charge on any atom is -0.497 e. The third kappa shape index (κ3) is 4.38. The number of nitrogens with one attached hydrogen (secondary N) is 1. The standard InChI is InChI=1S/C21H22N4O4/c1-27-17-9-7-16(8-10-17)19(26)22-18(15-5-3-2-4-6-15)20-23-24-21(29-20)25-11-13-28-14-12-25/h2-10,18H,11-14H2,1H3,(H,22,26)/t18-/m0/s1. The third-order valence-corrected chi connectivity index (χ3v) is 4.72. The van der Waals surface area contributed by atoms with E-state index in [0.717, 1.165) is 5.56 Å². The van der Waals surface area contributed by atoms with Gasteiger partial charge in [-0.2, -0.15) is 0 Å². The van der Waals surface area contributed by atoms with Crippen LogP contribution in [0.4, 0.5) is 6.01 Å². The summed E-state index contributed by atoms with van der Waals surface area (Å²) >= 11 is 0. The number of amides is 1. The zero-order valence-corrected chi connectivity index (χ0v) is 16.1. The number of rotatable bonds is 6. The molecule has 0 spiro atoms. The first kappa shape index (κ1) is 18.9. The fourth-order valence-electron chi connectivity index (χ4n) is 3.12. The van der Waals surface area contributed by atoms with Crippen molar-refractivity contribution in [3.63, 3.8) is 0 Å². The van der Waals surface area contributed by atoms with Crippen LogP contribution in [0.2, 0.25) is 0 Å². The van der Waals surface area contributed by atoms with Crippen LogP contribution in [-0.2, 0) is 4.74 Å². The number of hydrogen-bond donors (Lipinski definition) is 1. The normalized spacial score (nSPS) is 15.0. The number of anilines is 1. The zero-order valence-electron chi connectivity index (χ0n) is 16.1. The van der Waals surface area contributed by atoms with Crippen LogP contribution in [0.15, 0.2) is 59.0 Å². The van der Waals surface area contributed by atoms with Gasteiger partial charge >= 0.3 is 6.01 Å². The summed E-state index contributed by atoms with van der Waals surface area (Å²) in [7, 11) is 1.59. The molecule has 1 saturated heterocycles. The summed E-state index contributed by atoms with van der Waals surface area (Å²) in [4.78, 5) is 14.8. The van der Waals surface area contributed by atoms with E-state index in [2.05, 4.69) is 15.5 Å². The number of benzene rings is 2. The van der Waals surface area contributed by atoms with Crippen molar-refractivity contribution in [1.82, 2.24) is 15.5 Å². The second kappa shape index (κ2) is 8.74. The van der Waals surface area contributed by atoms with Crippen LogP contribution in [0, 0.1) is 0 Å². The van der Waals surface area contributed by atoms with E-state index in [4.69, 9.17) is 13.9 Å². The lowest BCUT2D eigenvalue weighted by Crippen LogP contribution is -2.36. The molecule has 8 heteroatoms. The summed E-state index contributed by atoms with van der Waals surface area (Å²) in [6, 6.07) is 16.3. The maximum atomic E-state index is 12.8. The van der Waals surface area contributed by atoms with Crippen molar-refractivity contribution in [2.24, 2.45) is 0 Å². The van der Waals surface area contributed by atoms with Gasteiger partial charge in [0, 0.05) is 18.7 Å². The largest absolute Gasteiger partial charge is 0.497 e. The van der Waals surface area contributed by atoms with Crippen molar-refractivity contribution in [2.75, 3.05) is 38.3 Å². The predicted molar refractivity (Wildman–Crippen MR) is 106 cm³/mol. The van der Waals surface area contributed by atoms with Crippen LogP contribution in [0.25, 0.3) is 0 Å². The number of ether oxygens (including phenoxy) is 2. The Kier molecular flexibility index (Phi) is 5.71. The Balaban J connectivity index is 1.58. The van der Waals surface area contributed by atoms with Crippen LogP contribution in [-0.4, -0.2) is 49.5 Å². The molecule has 1 N–H and O–H groups in total. The van der Waals surface area contributed by atoms with Gasteiger partial charge in [-0.05, 0) is 29.8 Å². The van der Waals surface area contributed by atoms with Gasteiger partial charge in [0.05, 0.1) is 20.3 Å². The zero-order chi connectivity index (χ0) is 20.1. The van der Waals surface area contributed by atoms with E-state index in [1.54, 1.807) is 31.4 Å². The summed E-state index contributed by atoms with van der Waals surface area (Å²) in [5.41, 5.74) is 1.37. The summed E-state index contributed by atoms with van der Waals surface area (Å²) in [6.45, 7) is 2.62. The Morgan fingerprint density at radius 3 is 2.48 bits per heavy atom. The molecule has 0 bridgehead atoms. The van der Waals surface area contributed by atoms with E-state index in [9.17, 15) is 4.79 Å². The molecule has 1 aliphatic heterocycles. The average molecular weight is 394 g/mol. The quantitative estimate of drug-likeness (QED) is 0.687. The highest BCUT2D eigenvalue weighted by Gasteiger charge is 2.25. The average Bonchev–Trinajstić information content (AvgIpc) is 3.28. The summed E-state index contributed by atoms with van der Waals surface area (Å²) < 4.78 is 16.4. The minimum absolute atomic E-state index is 0.243. The lowest BCUT2D eigenvalue weighted by atomic mass is 10.1. The molecule has 4 rings (SSSR count). The second-order valence-electron chi connectivity index (χ2n) is 6.57. The topological polar surface area (TPSA) is 89.7 Å². The highest BCUT2D eigenvalue weighted by molar-refractivity contribution is 5.94. The molecule has 1 amide bonds. The number of carbonyl (C=O) groups is 1. The van der Waals surface area contributed by atoms with Gasteiger partial charge < -0.3 is 24.1 Å². The lowest BCUT2D eigenvalue weighted by Gasteiger charge is -2.24. The Labute approximate surface area is 168 Å². The fourth-order valence-corrected chi connectivity index (χ4v) is 3.12. The van der Waals surface area contributed by atoms with Crippen molar-refractivity contribution < 1.29 is 18.7 Å². The van der Waals surface area contributed by atoms with Crippen LogP contribution in [0.1, 0.15) is 27.9 Å². The molecule has 0 unspecified atom stereocenters. The van der Waals surface area contributed by atoms with E-state index in [0.29, 0.717) is 49.5 Å². The molecular weight excluding hydrogens is 372 g/mol. The number of carbonyl (C=O) groups excluding carboxylic acids is 1. The highest BCUT2D eigenvalue weighted by Crippen LogP contribution is 2.25. The lowest BCUT2D eigenvalue weighted by molar-refractivity contribution is 0.0937. The van der Waals surface area contributed by atoms with Crippen molar-refractivity contribution in [3.8, 4) is 5.75 Å². The molecule has 2 heterocycles. The number of morpholine rings is 1. The minimum atomic E-state index is -0.562. The summed E-state index contributed by atoms with van der Waals surface area (Å²) in [5.74, 6) is 0.778. The molecule has 3 aromatic rings. The van der Waals surface area contributed by atoms with E-state index >= 15 is 0 Å². The molecule has 1 atom stereocenters. The fraction of sp³-hybridized carbons (Fsp3) is 0.286. The summed E-state index contributed by atoms with van der Waals surface area (Å²) in [5, 5.41) is 11.4. The molecule has 0 radical (unpaired) electrons. The van der Waals surface area contributed by atoms with E-state index < -0.39 is 6.04 Å². The number of nitrogens with zero attached hydrogens (tertiary/aromatic N) is 3. The highest BCUT2D eigenvalue weighted by atomic mass is 16.5. The predicted octanol–water partition coefficient (Wildman–Crippen LogP) is 2.43. The van der Waals surface area contributed by atoms with Crippen molar-refractivity contribution in [2.45, 2.75) is 6.04 Å². The molecule has 1 fully saturated rings. The van der Waals surface area contributed by atoms with Gasteiger partial charge in [0.2, 0.25) is 5.89 Å². The molecular formula is C21H22N4O4. The Morgan fingerprint density at radius 1 is 1.07 bits per heavy atom. The molecule has 29 heavy (non-hydrogen) atoms. The first-order chi connectivity index (χ1) is 14.2. The molecule has 0 saturated carbocycles. The molecule has 2 aromatic carbocycles. The molecule has 1 aromatic heterocycles. The van der Waals surface area contributed by atoms with Crippen molar-refractivity contribution >= 4 is 11.9 Å². The SMILES string of the molecule is COc1ccc(C(=O)N[C@@H](c2ccccc2)c2nnc(N3CCOCC3)o2)cc1. The van der Waals surface area contributed by atoms with Crippen molar-refractivity contribution in [1.29, 1.82) is 0 Å². The molecule has 8 nitrogen and oxygen atoms in total. The Morgan fingerprint density at radius 2 is 1.79 bits per heavy atom. The van der Waals surface area contributed by atoms with Gasteiger partial charge in [-0.25, -0.2) is 0 Å². The van der Waals surface area contributed by atoms with Crippen LogP contribution >= 0.6 is 0 Å². The van der Waals surface area contributed by atoms with E-state index in [-0.39, 0.29) is 5.91 Å². The number of hydrogen-bond acceptors (Lipinski definition) is 7. The molecule has 150 valence electrons. The number of aromatic nitrogens is 2. The molecule has 0 aliphatic carbocycles. The first-order valence-electron chi connectivity index (χ1n) is 9.40. The van der Waals surface area contributed by atoms with Gasteiger partial charge in [0.1, 0.15) is 11.8 Å². The maximum Gasteiger partial charge on any atom is 0.318 e. The molecule has 1 aliphatic rings. The maximum absolute atomic E-state index is 12.8. The van der Waals surface area contributed by atoms with Crippen LogP contribution in [0.3, 0.4) is 0 Å². The third-order valence-electron chi connectivity index (χ3n) is 4.72. The number of methoxy groups -OCH3 is 1. The van der Waals surface area contributed by atoms with Gasteiger partial charge in [-0.3, -0.25) is 4.79 Å². The summed E-state index contributed by atoms with van der Waals surface area (Å²) in [6.07, 6.45) is 0. The first-order valence-corrected chi connectivity index (χ1v) is 9.40. The van der Waals surface area contributed by atoms with E-state index in [1.807, 2.05) is 35.2 Å². The van der Waals surface area contributed by atoms with Crippen molar-refractivity contribution in [3.05, 3.63) is 71.6 Å². The van der Waals surface area contributed by atoms with Gasteiger partial charge in [0.25, 0.3) is 5.91 Å². The van der Waals surface area contributed by atoms with Crippen LogP contribution in [0.5, 0.6) is 5.75 Å². The van der Waals surface area contributed by atoms with Gasteiger partial charge in [0.15, 0.2) is 0 Å². The van der Waals surface area contributed by atoms with Crippen LogP contribution < -0.4 is 15.0 Å². The smallest absolute Gasteiger partial charge is 0.318 e. The Bertz CT molecular complexity index is 937. The van der Waals surface area contributed by atoms with Gasteiger partial charge in [-0.15, -0.1) is 5.10 Å².